The van der Waals surface area contributed by atoms with Gasteiger partial charge in [0.2, 0.25) is 5.95 Å². The summed E-state index contributed by atoms with van der Waals surface area (Å²) in [4.78, 5) is 20.7. The van der Waals surface area contributed by atoms with Gasteiger partial charge in [-0.2, -0.15) is 19.6 Å². The fourth-order valence-electron chi connectivity index (χ4n) is 3.60. The lowest BCUT2D eigenvalue weighted by molar-refractivity contribution is -0.131. The van der Waals surface area contributed by atoms with Crippen LogP contribution in [0.25, 0.3) is 5.65 Å². The van der Waals surface area contributed by atoms with Crippen molar-refractivity contribution in [3.8, 4) is 11.8 Å². The largest absolute Gasteiger partial charge is 0.459 e. The second-order valence-electron chi connectivity index (χ2n) is 7.96. The highest BCUT2D eigenvalue weighted by atomic mass is 16.5. The summed E-state index contributed by atoms with van der Waals surface area (Å²) in [5.41, 5.74) is 2.58. The number of nitrogens with zero attached hydrogens (tertiary/aromatic N) is 4. The Morgan fingerprint density at radius 3 is 2.90 bits per heavy atom. The summed E-state index contributed by atoms with van der Waals surface area (Å²) in [5.74, 6) is 0.936. The standard InChI is InChI=1S/C22H28N6O3/c1-14(2)18-13-25-28-20(18)26-22(31-17-8-6-10-23-12-17)27-21(28)24-11-16-7-4-5-9-19(16)30-15(3)29/h4-5,7,9,13-14,17,23H,6,8,10-12H2,1-3H3,(H,24,26,27). The van der Waals surface area contributed by atoms with E-state index in [0.717, 1.165) is 42.7 Å². The van der Waals surface area contributed by atoms with E-state index < -0.39 is 0 Å². The van der Waals surface area contributed by atoms with Crippen molar-refractivity contribution in [2.75, 3.05) is 18.4 Å². The Morgan fingerprint density at radius 1 is 1.32 bits per heavy atom. The quantitative estimate of drug-likeness (QED) is 0.441. The van der Waals surface area contributed by atoms with Crippen LogP contribution in [0.5, 0.6) is 11.8 Å². The van der Waals surface area contributed by atoms with Crippen molar-refractivity contribution >= 4 is 17.6 Å². The third-order valence-electron chi connectivity index (χ3n) is 5.18. The van der Waals surface area contributed by atoms with Crippen LogP contribution in [0.4, 0.5) is 5.95 Å². The summed E-state index contributed by atoms with van der Waals surface area (Å²) < 4.78 is 13.1. The minimum absolute atomic E-state index is 0.0409. The van der Waals surface area contributed by atoms with Gasteiger partial charge in [0, 0.05) is 31.1 Å². The number of aromatic nitrogens is 4. The molecule has 0 aliphatic carbocycles. The number of benzene rings is 1. The van der Waals surface area contributed by atoms with Gasteiger partial charge in [-0.1, -0.05) is 32.0 Å². The first-order valence-electron chi connectivity index (χ1n) is 10.6. The molecule has 0 bridgehead atoms. The minimum atomic E-state index is -0.359. The third kappa shape index (κ3) is 4.93. The van der Waals surface area contributed by atoms with Crippen molar-refractivity contribution in [3.63, 3.8) is 0 Å². The minimum Gasteiger partial charge on any atom is -0.459 e. The predicted octanol–water partition coefficient (Wildman–Crippen LogP) is 2.92. The normalized spacial score (nSPS) is 16.5. The highest BCUT2D eigenvalue weighted by Crippen LogP contribution is 2.25. The van der Waals surface area contributed by atoms with Crippen LogP contribution < -0.4 is 20.1 Å². The van der Waals surface area contributed by atoms with Crippen LogP contribution in [0.15, 0.2) is 30.5 Å². The van der Waals surface area contributed by atoms with E-state index in [1.807, 2.05) is 24.4 Å². The zero-order chi connectivity index (χ0) is 21.8. The van der Waals surface area contributed by atoms with Crippen molar-refractivity contribution in [3.05, 3.63) is 41.6 Å². The van der Waals surface area contributed by atoms with Crippen LogP contribution in [0.3, 0.4) is 0 Å². The Kier molecular flexibility index (Phi) is 6.31. The molecule has 9 nitrogen and oxygen atoms in total. The second-order valence-corrected chi connectivity index (χ2v) is 7.96. The smallest absolute Gasteiger partial charge is 0.322 e. The van der Waals surface area contributed by atoms with Gasteiger partial charge < -0.3 is 20.1 Å². The molecule has 2 N–H and O–H groups in total. The van der Waals surface area contributed by atoms with E-state index in [0.29, 0.717) is 24.3 Å². The summed E-state index contributed by atoms with van der Waals surface area (Å²) in [6.45, 7) is 7.79. The van der Waals surface area contributed by atoms with E-state index in [-0.39, 0.29) is 18.0 Å². The van der Waals surface area contributed by atoms with E-state index in [1.54, 1.807) is 10.6 Å². The van der Waals surface area contributed by atoms with E-state index >= 15 is 0 Å². The molecule has 1 aliphatic heterocycles. The van der Waals surface area contributed by atoms with Gasteiger partial charge in [-0.15, -0.1) is 0 Å². The number of anilines is 1. The first-order chi connectivity index (χ1) is 15.0. The molecule has 3 heterocycles. The summed E-state index contributed by atoms with van der Waals surface area (Å²) in [6.07, 6.45) is 3.89. The number of esters is 1. The first-order valence-corrected chi connectivity index (χ1v) is 10.6. The zero-order valence-corrected chi connectivity index (χ0v) is 18.1. The molecule has 3 aromatic rings. The van der Waals surface area contributed by atoms with E-state index in [2.05, 4.69) is 39.5 Å². The van der Waals surface area contributed by atoms with E-state index in [9.17, 15) is 4.79 Å². The lowest BCUT2D eigenvalue weighted by Gasteiger charge is -2.23. The van der Waals surface area contributed by atoms with Gasteiger partial charge in [-0.25, -0.2) is 0 Å². The Hall–Kier alpha value is -3.20. The van der Waals surface area contributed by atoms with Gasteiger partial charge in [0.25, 0.3) is 0 Å². The average Bonchev–Trinajstić information content (AvgIpc) is 3.18. The van der Waals surface area contributed by atoms with Crippen molar-refractivity contribution < 1.29 is 14.3 Å². The number of hydrogen-bond acceptors (Lipinski definition) is 8. The summed E-state index contributed by atoms with van der Waals surface area (Å²) in [5, 5.41) is 11.1. The zero-order valence-electron chi connectivity index (χ0n) is 18.1. The maximum atomic E-state index is 11.4. The predicted molar refractivity (Wildman–Crippen MR) is 116 cm³/mol. The summed E-state index contributed by atoms with van der Waals surface area (Å²) in [6, 6.07) is 7.73. The highest BCUT2D eigenvalue weighted by molar-refractivity contribution is 5.69. The fraction of sp³-hybridized carbons (Fsp3) is 0.455. The van der Waals surface area contributed by atoms with Gasteiger partial charge in [-0.05, 0) is 31.4 Å². The van der Waals surface area contributed by atoms with E-state index in [1.165, 1.54) is 6.92 Å². The molecule has 31 heavy (non-hydrogen) atoms. The Morgan fingerprint density at radius 2 is 2.16 bits per heavy atom. The van der Waals surface area contributed by atoms with Crippen molar-refractivity contribution in [1.82, 2.24) is 24.9 Å². The average molecular weight is 425 g/mol. The van der Waals surface area contributed by atoms with E-state index in [4.69, 9.17) is 9.47 Å². The maximum absolute atomic E-state index is 11.4. The molecular weight excluding hydrogens is 396 g/mol. The van der Waals surface area contributed by atoms with Crippen molar-refractivity contribution in [1.29, 1.82) is 0 Å². The van der Waals surface area contributed by atoms with Crippen LogP contribution in [0.2, 0.25) is 0 Å². The molecule has 0 radical (unpaired) electrons. The molecular formula is C22H28N6O3. The van der Waals surface area contributed by atoms with Crippen LogP contribution >= 0.6 is 0 Å². The molecule has 1 unspecified atom stereocenters. The van der Waals surface area contributed by atoms with Crippen LogP contribution in [0, 0.1) is 0 Å². The molecule has 1 saturated heterocycles. The Balaban J connectivity index is 1.63. The molecule has 1 aliphatic rings. The SMILES string of the molecule is CC(=O)Oc1ccccc1CNc1nc(OC2CCCNC2)nc2c(C(C)C)cnn12. The van der Waals surface area contributed by atoms with Crippen LogP contribution in [0.1, 0.15) is 50.7 Å². The van der Waals surface area contributed by atoms with Gasteiger partial charge in [0.15, 0.2) is 5.65 Å². The topological polar surface area (TPSA) is 103 Å². The van der Waals surface area contributed by atoms with Gasteiger partial charge in [-0.3, -0.25) is 4.79 Å². The van der Waals surface area contributed by atoms with Gasteiger partial charge in [0.1, 0.15) is 11.9 Å². The molecule has 164 valence electrons. The number of nitrogens with one attached hydrogen (secondary N) is 2. The Bertz CT molecular complexity index is 1060. The molecule has 1 fully saturated rings. The lowest BCUT2D eigenvalue weighted by Crippen LogP contribution is -2.37. The molecule has 9 heteroatoms. The number of ether oxygens (including phenoxy) is 2. The third-order valence-corrected chi connectivity index (χ3v) is 5.18. The van der Waals surface area contributed by atoms with Gasteiger partial charge in [0.05, 0.1) is 6.20 Å². The molecule has 0 spiro atoms. The number of piperidine rings is 1. The fourth-order valence-corrected chi connectivity index (χ4v) is 3.60. The highest BCUT2D eigenvalue weighted by Gasteiger charge is 2.20. The maximum Gasteiger partial charge on any atom is 0.322 e. The number of hydrogen-bond donors (Lipinski definition) is 2. The van der Waals surface area contributed by atoms with Crippen molar-refractivity contribution in [2.24, 2.45) is 0 Å². The summed E-state index contributed by atoms with van der Waals surface area (Å²) >= 11 is 0. The van der Waals surface area contributed by atoms with Gasteiger partial charge >= 0.3 is 12.0 Å². The molecule has 0 amide bonds. The molecule has 0 saturated carbocycles. The second kappa shape index (κ2) is 9.30. The lowest BCUT2D eigenvalue weighted by atomic mass is 10.1. The van der Waals surface area contributed by atoms with Crippen molar-refractivity contribution in [2.45, 2.75) is 52.2 Å². The molecule has 4 rings (SSSR count). The Labute approximate surface area is 181 Å². The molecule has 1 aromatic carbocycles. The number of rotatable bonds is 7. The monoisotopic (exact) mass is 424 g/mol. The number of carbonyl (C=O) groups excluding carboxylic acids is 1. The number of para-hydroxylation sites is 1. The summed E-state index contributed by atoms with van der Waals surface area (Å²) in [7, 11) is 0. The molecule has 1 atom stereocenters. The number of fused-ring (bicyclic) bond motifs is 1. The number of carbonyl (C=O) groups is 1. The van der Waals surface area contributed by atoms with Crippen LogP contribution in [-0.2, 0) is 11.3 Å². The molecule has 2 aromatic heterocycles. The van der Waals surface area contributed by atoms with Crippen LogP contribution in [-0.4, -0.2) is 44.7 Å². The first kappa shape index (κ1) is 21.0.